The van der Waals surface area contributed by atoms with Gasteiger partial charge in [0.1, 0.15) is 5.75 Å². The molecule has 0 saturated carbocycles. The molecule has 0 unspecified atom stereocenters. The summed E-state index contributed by atoms with van der Waals surface area (Å²) >= 11 is 1.30. The Hall–Kier alpha value is -2.93. The van der Waals surface area contributed by atoms with Crippen LogP contribution in [0, 0.1) is 0 Å². The first-order chi connectivity index (χ1) is 13.1. The standard InChI is InChI=1S/C20H20N2O4S/c1-3-4-11-26-19(24)13-9-10-15-17(12-13)27-20(21-15)22-18(23)14-7-5-6-8-16(14)25-2/h5-10,12H,3-4,11H2,1-2H3,(H,21,22,23). The molecule has 1 N–H and O–H groups in total. The molecule has 3 aromatic rings. The molecular formula is C20H20N2O4S. The number of thiazole rings is 1. The number of amides is 1. The molecule has 0 fully saturated rings. The van der Waals surface area contributed by atoms with Crippen LogP contribution >= 0.6 is 11.3 Å². The summed E-state index contributed by atoms with van der Waals surface area (Å²) in [7, 11) is 1.52. The van der Waals surface area contributed by atoms with Crippen molar-refractivity contribution in [3.8, 4) is 5.75 Å². The number of aromatic nitrogens is 1. The van der Waals surface area contributed by atoms with Gasteiger partial charge >= 0.3 is 5.97 Å². The van der Waals surface area contributed by atoms with E-state index in [-0.39, 0.29) is 11.9 Å². The molecule has 0 aliphatic heterocycles. The quantitative estimate of drug-likeness (QED) is 0.479. The van der Waals surface area contributed by atoms with Gasteiger partial charge in [-0.2, -0.15) is 0 Å². The first-order valence-corrected chi connectivity index (χ1v) is 9.46. The van der Waals surface area contributed by atoms with Gasteiger partial charge in [-0.15, -0.1) is 0 Å². The molecule has 1 heterocycles. The molecule has 0 radical (unpaired) electrons. The second-order valence-corrected chi connectivity index (χ2v) is 6.88. The molecule has 6 nitrogen and oxygen atoms in total. The second-order valence-electron chi connectivity index (χ2n) is 5.85. The Morgan fingerprint density at radius 2 is 2.00 bits per heavy atom. The Kier molecular flexibility index (Phi) is 6.03. The number of esters is 1. The van der Waals surface area contributed by atoms with E-state index in [0.717, 1.165) is 17.5 Å². The molecule has 140 valence electrons. The van der Waals surface area contributed by atoms with E-state index in [0.29, 0.717) is 34.1 Å². The van der Waals surface area contributed by atoms with E-state index in [9.17, 15) is 9.59 Å². The Morgan fingerprint density at radius 3 is 2.78 bits per heavy atom. The van der Waals surface area contributed by atoms with Crippen LogP contribution in [-0.4, -0.2) is 30.6 Å². The molecule has 0 spiro atoms. The lowest BCUT2D eigenvalue weighted by Gasteiger charge is -2.06. The lowest BCUT2D eigenvalue weighted by molar-refractivity contribution is 0.0500. The summed E-state index contributed by atoms with van der Waals surface area (Å²) in [6.07, 6.45) is 1.81. The van der Waals surface area contributed by atoms with Gasteiger partial charge in [-0.25, -0.2) is 9.78 Å². The van der Waals surface area contributed by atoms with E-state index in [2.05, 4.69) is 10.3 Å². The van der Waals surface area contributed by atoms with E-state index < -0.39 is 0 Å². The minimum Gasteiger partial charge on any atom is -0.496 e. The number of methoxy groups -OCH3 is 1. The lowest BCUT2D eigenvalue weighted by atomic mass is 10.2. The molecule has 7 heteroatoms. The van der Waals surface area contributed by atoms with Crippen molar-refractivity contribution < 1.29 is 19.1 Å². The molecule has 0 aliphatic rings. The Balaban J connectivity index is 1.76. The van der Waals surface area contributed by atoms with Crippen LogP contribution < -0.4 is 10.1 Å². The Labute approximate surface area is 161 Å². The van der Waals surface area contributed by atoms with Crippen LogP contribution in [0.15, 0.2) is 42.5 Å². The smallest absolute Gasteiger partial charge is 0.338 e. The number of carbonyl (C=O) groups is 2. The van der Waals surface area contributed by atoms with Gasteiger partial charge in [0.05, 0.1) is 35.1 Å². The van der Waals surface area contributed by atoms with Gasteiger partial charge in [0, 0.05) is 0 Å². The van der Waals surface area contributed by atoms with Crippen molar-refractivity contribution in [1.29, 1.82) is 0 Å². The summed E-state index contributed by atoms with van der Waals surface area (Å²) in [6.45, 7) is 2.45. The molecule has 3 rings (SSSR count). The number of benzene rings is 2. The molecule has 0 bridgehead atoms. The minimum absolute atomic E-state index is 0.300. The highest BCUT2D eigenvalue weighted by molar-refractivity contribution is 7.22. The summed E-state index contributed by atoms with van der Waals surface area (Å²) in [5.41, 5.74) is 1.62. The summed E-state index contributed by atoms with van der Waals surface area (Å²) in [5, 5.41) is 3.24. The van der Waals surface area contributed by atoms with Crippen molar-refractivity contribution in [2.24, 2.45) is 0 Å². The van der Waals surface area contributed by atoms with Gasteiger partial charge in [-0.3, -0.25) is 10.1 Å². The topological polar surface area (TPSA) is 77.5 Å². The first kappa shape index (κ1) is 18.8. The number of carbonyl (C=O) groups excluding carboxylic acids is 2. The highest BCUT2D eigenvalue weighted by Crippen LogP contribution is 2.28. The second kappa shape index (κ2) is 8.64. The number of hydrogen-bond donors (Lipinski definition) is 1. The van der Waals surface area contributed by atoms with E-state index in [1.165, 1.54) is 18.4 Å². The van der Waals surface area contributed by atoms with Crippen LogP contribution in [-0.2, 0) is 4.74 Å². The maximum atomic E-state index is 12.5. The Morgan fingerprint density at radius 1 is 1.19 bits per heavy atom. The van der Waals surface area contributed by atoms with Gasteiger partial charge in [0.2, 0.25) is 0 Å². The fraction of sp³-hybridized carbons (Fsp3) is 0.250. The summed E-state index contributed by atoms with van der Waals surface area (Å²) in [5.74, 6) is -0.155. The van der Waals surface area contributed by atoms with Crippen molar-refractivity contribution >= 4 is 38.6 Å². The van der Waals surface area contributed by atoms with Crippen molar-refractivity contribution in [2.75, 3.05) is 19.0 Å². The number of nitrogens with one attached hydrogen (secondary N) is 1. The van der Waals surface area contributed by atoms with E-state index in [4.69, 9.17) is 9.47 Å². The highest BCUT2D eigenvalue weighted by atomic mass is 32.1. The van der Waals surface area contributed by atoms with Crippen molar-refractivity contribution in [3.05, 3.63) is 53.6 Å². The number of rotatable bonds is 7. The fourth-order valence-electron chi connectivity index (χ4n) is 2.49. The zero-order chi connectivity index (χ0) is 19.2. The van der Waals surface area contributed by atoms with Crippen molar-refractivity contribution in [3.63, 3.8) is 0 Å². The normalized spacial score (nSPS) is 10.6. The highest BCUT2D eigenvalue weighted by Gasteiger charge is 2.15. The maximum Gasteiger partial charge on any atom is 0.338 e. The third kappa shape index (κ3) is 4.43. The van der Waals surface area contributed by atoms with Crippen LogP contribution in [0.1, 0.15) is 40.5 Å². The first-order valence-electron chi connectivity index (χ1n) is 8.64. The summed E-state index contributed by atoms with van der Waals surface area (Å²) in [4.78, 5) is 29.0. The molecule has 27 heavy (non-hydrogen) atoms. The minimum atomic E-state index is -0.349. The van der Waals surface area contributed by atoms with Crippen LogP contribution in [0.5, 0.6) is 5.75 Å². The zero-order valence-electron chi connectivity index (χ0n) is 15.2. The van der Waals surface area contributed by atoms with E-state index >= 15 is 0 Å². The average Bonchev–Trinajstić information content (AvgIpc) is 3.09. The van der Waals surface area contributed by atoms with Gasteiger partial charge in [-0.1, -0.05) is 36.8 Å². The zero-order valence-corrected chi connectivity index (χ0v) is 16.0. The number of anilines is 1. The van der Waals surface area contributed by atoms with Crippen molar-refractivity contribution in [2.45, 2.75) is 19.8 Å². The number of unbranched alkanes of at least 4 members (excludes halogenated alkanes) is 1. The number of ether oxygens (including phenoxy) is 2. The molecule has 1 aromatic heterocycles. The fourth-order valence-corrected chi connectivity index (χ4v) is 3.39. The van der Waals surface area contributed by atoms with Crippen LogP contribution in [0.25, 0.3) is 10.2 Å². The largest absolute Gasteiger partial charge is 0.496 e. The number of hydrogen-bond acceptors (Lipinski definition) is 6. The van der Waals surface area contributed by atoms with E-state index in [1.807, 2.05) is 6.92 Å². The predicted molar refractivity (Wildman–Crippen MR) is 106 cm³/mol. The maximum absolute atomic E-state index is 12.5. The van der Waals surface area contributed by atoms with Crippen molar-refractivity contribution in [1.82, 2.24) is 4.98 Å². The van der Waals surface area contributed by atoms with Gasteiger partial charge in [-0.05, 0) is 36.8 Å². The van der Waals surface area contributed by atoms with Crippen LogP contribution in [0.3, 0.4) is 0 Å². The third-order valence-electron chi connectivity index (χ3n) is 3.93. The number of para-hydroxylation sites is 1. The third-order valence-corrected chi connectivity index (χ3v) is 4.86. The van der Waals surface area contributed by atoms with Gasteiger partial charge in [0.15, 0.2) is 5.13 Å². The molecule has 0 atom stereocenters. The average molecular weight is 384 g/mol. The molecule has 2 aromatic carbocycles. The SMILES string of the molecule is CCCCOC(=O)c1ccc2nc(NC(=O)c3ccccc3OC)sc2c1. The van der Waals surface area contributed by atoms with Gasteiger partial charge < -0.3 is 9.47 Å². The molecule has 1 amide bonds. The predicted octanol–water partition coefficient (Wildman–Crippen LogP) is 4.51. The van der Waals surface area contributed by atoms with E-state index in [1.54, 1.807) is 42.5 Å². The summed E-state index contributed by atoms with van der Waals surface area (Å²) < 4.78 is 11.3. The monoisotopic (exact) mass is 384 g/mol. The molecular weight excluding hydrogens is 364 g/mol. The summed E-state index contributed by atoms with van der Waals surface area (Å²) in [6, 6.07) is 12.2. The Bertz CT molecular complexity index is 968. The van der Waals surface area contributed by atoms with Gasteiger partial charge in [0.25, 0.3) is 5.91 Å². The van der Waals surface area contributed by atoms with Crippen LogP contribution in [0.2, 0.25) is 0 Å². The number of nitrogens with zero attached hydrogens (tertiary/aromatic N) is 1. The molecule has 0 aliphatic carbocycles. The van der Waals surface area contributed by atoms with Crippen LogP contribution in [0.4, 0.5) is 5.13 Å². The molecule has 0 saturated heterocycles. The lowest BCUT2D eigenvalue weighted by Crippen LogP contribution is -2.12. The number of fused-ring (bicyclic) bond motifs is 1.